The summed E-state index contributed by atoms with van der Waals surface area (Å²) in [6.45, 7) is 3.01. The third-order valence-corrected chi connectivity index (χ3v) is 3.76. The fourth-order valence-corrected chi connectivity index (χ4v) is 3.14. The first-order valence-corrected chi connectivity index (χ1v) is 6.26. The monoisotopic (exact) mass is 252 g/mol. The molecule has 1 aromatic rings. The number of nitrogens with zero attached hydrogens (tertiary/aromatic N) is 1. The van der Waals surface area contributed by atoms with E-state index in [9.17, 15) is 9.50 Å². The Labute approximate surface area is 105 Å². The zero-order valence-electron chi connectivity index (χ0n) is 10.3. The largest absolute Gasteiger partial charge is 0.383 e. The fraction of sp³-hybridized carbons (Fsp3) is 0.615. The molecule has 2 aliphatic rings. The van der Waals surface area contributed by atoms with Crippen molar-refractivity contribution in [2.75, 3.05) is 13.2 Å². The number of aryl methyl sites for hydroxylation is 1. The van der Waals surface area contributed by atoms with Crippen LogP contribution in [0.5, 0.6) is 0 Å². The highest BCUT2D eigenvalue weighted by atomic mass is 19.1. The number of halogens is 1. The fourth-order valence-electron chi connectivity index (χ4n) is 3.14. The molecule has 2 aliphatic heterocycles. The van der Waals surface area contributed by atoms with Crippen LogP contribution in [0.1, 0.15) is 24.1 Å². The van der Waals surface area contributed by atoms with Gasteiger partial charge in [-0.2, -0.15) is 0 Å². The van der Waals surface area contributed by atoms with Crippen molar-refractivity contribution in [3.05, 3.63) is 29.3 Å². The van der Waals surface area contributed by atoms with Crippen molar-refractivity contribution in [3.8, 4) is 0 Å². The van der Waals surface area contributed by atoms with E-state index in [4.69, 9.17) is 4.74 Å². The van der Waals surface area contributed by atoms with Crippen molar-refractivity contribution < 1.29 is 14.2 Å². The highest BCUT2D eigenvalue weighted by molar-refractivity contribution is 5.26. The number of aromatic nitrogens is 1. The van der Waals surface area contributed by atoms with Crippen LogP contribution in [-0.4, -0.2) is 35.4 Å². The lowest BCUT2D eigenvalue weighted by Gasteiger charge is -2.45. The summed E-state index contributed by atoms with van der Waals surface area (Å²) in [5.41, 5.74) is 0.336. The molecule has 0 radical (unpaired) electrons. The normalized spacial score (nSPS) is 35.5. The van der Waals surface area contributed by atoms with Crippen molar-refractivity contribution in [2.24, 2.45) is 0 Å². The molecule has 0 aromatic carbocycles. The van der Waals surface area contributed by atoms with E-state index in [0.29, 0.717) is 37.3 Å². The topological polar surface area (TPSA) is 54.4 Å². The SMILES string of the molecule is Cc1cc(F)cnc1C1(O)CC2COCC(C1)N2. The van der Waals surface area contributed by atoms with Gasteiger partial charge in [-0.3, -0.25) is 4.98 Å². The minimum Gasteiger partial charge on any atom is -0.383 e. The Bertz CT molecular complexity index is 454. The first-order chi connectivity index (χ1) is 8.57. The Morgan fingerprint density at radius 1 is 1.44 bits per heavy atom. The Kier molecular flexibility index (Phi) is 2.84. The molecule has 0 saturated carbocycles. The Hall–Kier alpha value is -1.04. The number of fused-ring (bicyclic) bond motifs is 2. The van der Waals surface area contributed by atoms with E-state index in [2.05, 4.69) is 10.3 Å². The van der Waals surface area contributed by atoms with Crippen molar-refractivity contribution in [2.45, 2.75) is 37.5 Å². The van der Waals surface area contributed by atoms with Gasteiger partial charge >= 0.3 is 0 Å². The summed E-state index contributed by atoms with van der Waals surface area (Å²) < 4.78 is 18.6. The molecule has 2 N–H and O–H groups in total. The Morgan fingerprint density at radius 2 is 2.11 bits per heavy atom. The van der Waals surface area contributed by atoms with Gasteiger partial charge in [-0.1, -0.05) is 0 Å². The molecule has 2 bridgehead atoms. The lowest BCUT2D eigenvalue weighted by Crippen LogP contribution is -2.59. The molecule has 98 valence electrons. The van der Waals surface area contributed by atoms with E-state index < -0.39 is 5.60 Å². The van der Waals surface area contributed by atoms with Gasteiger partial charge in [0, 0.05) is 12.1 Å². The summed E-state index contributed by atoms with van der Waals surface area (Å²) in [5, 5.41) is 14.3. The van der Waals surface area contributed by atoms with Gasteiger partial charge in [0.2, 0.25) is 0 Å². The van der Waals surface area contributed by atoms with Crippen LogP contribution in [0.15, 0.2) is 12.3 Å². The van der Waals surface area contributed by atoms with Crippen LogP contribution in [0.2, 0.25) is 0 Å². The quantitative estimate of drug-likeness (QED) is 0.778. The molecule has 18 heavy (non-hydrogen) atoms. The predicted molar refractivity (Wildman–Crippen MR) is 63.6 cm³/mol. The van der Waals surface area contributed by atoms with E-state index in [1.54, 1.807) is 6.92 Å². The summed E-state index contributed by atoms with van der Waals surface area (Å²) in [7, 11) is 0. The number of morpholine rings is 1. The van der Waals surface area contributed by atoms with E-state index in [-0.39, 0.29) is 17.9 Å². The molecule has 4 nitrogen and oxygen atoms in total. The zero-order valence-corrected chi connectivity index (χ0v) is 10.3. The van der Waals surface area contributed by atoms with Gasteiger partial charge in [0.1, 0.15) is 11.4 Å². The van der Waals surface area contributed by atoms with Crippen LogP contribution < -0.4 is 5.32 Å². The number of pyridine rings is 1. The van der Waals surface area contributed by atoms with Crippen molar-refractivity contribution in [1.82, 2.24) is 10.3 Å². The number of ether oxygens (including phenoxy) is 1. The van der Waals surface area contributed by atoms with Gasteiger partial charge in [0.05, 0.1) is 25.1 Å². The van der Waals surface area contributed by atoms with Gasteiger partial charge in [-0.05, 0) is 31.4 Å². The lowest BCUT2D eigenvalue weighted by atomic mass is 9.79. The maximum Gasteiger partial charge on any atom is 0.141 e. The summed E-state index contributed by atoms with van der Waals surface area (Å²) >= 11 is 0. The average Bonchev–Trinajstić information content (AvgIpc) is 2.27. The van der Waals surface area contributed by atoms with E-state index >= 15 is 0 Å². The van der Waals surface area contributed by atoms with E-state index in [0.717, 1.165) is 0 Å². The number of nitrogens with one attached hydrogen (secondary N) is 1. The van der Waals surface area contributed by atoms with Crippen molar-refractivity contribution in [3.63, 3.8) is 0 Å². The molecule has 2 fully saturated rings. The summed E-state index contributed by atoms with van der Waals surface area (Å²) in [4.78, 5) is 4.11. The number of hydrogen-bond acceptors (Lipinski definition) is 4. The second-order valence-electron chi connectivity index (χ2n) is 5.36. The first kappa shape index (κ1) is 12.0. The van der Waals surface area contributed by atoms with Gasteiger partial charge in [0.15, 0.2) is 0 Å². The molecule has 2 saturated heterocycles. The van der Waals surface area contributed by atoms with Crippen LogP contribution in [0.3, 0.4) is 0 Å². The maximum atomic E-state index is 13.1. The van der Waals surface area contributed by atoms with Crippen LogP contribution in [0.25, 0.3) is 0 Å². The summed E-state index contributed by atoms with van der Waals surface area (Å²) in [6, 6.07) is 1.72. The third kappa shape index (κ3) is 2.02. The molecule has 5 heteroatoms. The molecule has 3 heterocycles. The number of rotatable bonds is 1. The van der Waals surface area contributed by atoms with Crippen LogP contribution in [-0.2, 0) is 10.3 Å². The van der Waals surface area contributed by atoms with Crippen molar-refractivity contribution in [1.29, 1.82) is 0 Å². The molecule has 3 rings (SSSR count). The molecule has 1 aromatic heterocycles. The van der Waals surface area contributed by atoms with Gasteiger partial charge in [0.25, 0.3) is 0 Å². The van der Waals surface area contributed by atoms with Gasteiger partial charge < -0.3 is 15.2 Å². The highest BCUT2D eigenvalue weighted by Crippen LogP contribution is 2.37. The maximum absolute atomic E-state index is 13.1. The van der Waals surface area contributed by atoms with Gasteiger partial charge in [-0.25, -0.2) is 4.39 Å². The minimum absolute atomic E-state index is 0.147. The third-order valence-electron chi connectivity index (χ3n) is 3.76. The first-order valence-electron chi connectivity index (χ1n) is 6.26. The summed E-state index contributed by atoms with van der Waals surface area (Å²) in [5.74, 6) is -0.364. The zero-order chi connectivity index (χ0) is 12.8. The van der Waals surface area contributed by atoms with Crippen LogP contribution in [0, 0.1) is 12.7 Å². The molecule has 2 atom stereocenters. The number of piperidine rings is 1. The highest BCUT2D eigenvalue weighted by Gasteiger charge is 2.43. The van der Waals surface area contributed by atoms with Crippen molar-refractivity contribution >= 4 is 0 Å². The molecule has 0 amide bonds. The number of hydrogen-bond donors (Lipinski definition) is 2. The standard InChI is InChI=1S/C13H17FN2O2/c1-8-2-9(14)5-15-12(8)13(17)3-10-6-18-7-11(4-13)16-10/h2,5,10-11,16-17H,3-4,6-7H2,1H3. The predicted octanol–water partition coefficient (Wildman–Crippen LogP) is 0.868. The smallest absolute Gasteiger partial charge is 0.141 e. The molecular weight excluding hydrogens is 235 g/mol. The van der Waals surface area contributed by atoms with Gasteiger partial charge in [-0.15, -0.1) is 0 Å². The average molecular weight is 252 g/mol. The molecular formula is C13H17FN2O2. The minimum atomic E-state index is -0.970. The molecule has 0 aliphatic carbocycles. The van der Waals surface area contributed by atoms with Crippen LogP contribution >= 0.6 is 0 Å². The van der Waals surface area contributed by atoms with E-state index in [1.807, 2.05) is 0 Å². The second kappa shape index (κ2) is 4.26. The number of aliphatic hydroxyl groups is 1. The van der Waals surface area contributed by atoms with Crippen LogP contribution in [0.4, 0.5) is 4.39 Å². The molecule has 2 unspecified atom stereocenters. The summed E-state index contributed by atoms with van der Waals surface area (Å²) in [6.07, 6.45) is 2.29. The lowest BCUT2D eigenvalue weighted by molar-refractivity contribution is -0.0827. The molecule has 0 spiro atoms. The Balaban J connectivity index is 1.94. The second-order valence-corrected chi connectivity index (χ2v) is 5.36. The Morgan fingerprint density at radius 3 is 2.72 bits per heavy atom. The van der Waals surface area contributed by atoms with E-state index in [1.165, 1.54) is 12.3 Å².